The van der Waals surface area contributed by atoms with Crippen molar-refractivity contribution < 1.29 is 23.2 Å². The van der Waals surface area contributed by atoms with Crippen LogP contribution in [0.1, 0.15) is 36.4 Å². The average molecular weight is 520 g/mol. The van der Waals surface area contributed by atoms with Gasteiger partial charge in [-0.25, -0.2) is 0 Å². The number of rotatable bonds is 5. The Morgan fingerprint density at radius 1 is 0.545 bits per heavy atom. The maximum atomic E-state index is 2.55. The van der Waals surface area contributed by atoms with Crippen molar-refractivity contribution >= 4 is 30.7 Å². The van der Waals surface area contributed by atoms with Gasteiger partial charge in [-0.1, -0.05) is 0 Å². The zero-order valence-corrected chi connectivity index (χ0v) is 22.0. The van der Waals surface area contributed by atoms with Crippen molar-refractivity contribution in [3.05, 3.63) is 142 Å². The van der Waals surface area contributed by atoms with Crippen LogP contribution >= 0.6 is 7.92 Å². The van der Waals surface area contributed by atoms with Crippen LogP contribution in [-0.4, -0.2) is 0 Å². The standard InChI is InChI=1S/C21H16P.C10H9.Zr/c1-3-11-19(12-4-1)22(20-13-5-2-6-14-20)21-15-17-9-7-8-10-18(17)16-21;1-8-6-9-4-2-3-5-10(9)7-8;/h1-16H;2-7H,1H3;. The maximum absolute atomic E-state index is 2.55. The molecule has 0 saturated heterocycles. The molecule has 2 unspecified atom stereocenters. The zero-order valence-electron chi connectivity index (χ0n) is 18.6. The molecule has 4 aromatic carbocycles. The summed E-state index contributed by atoms with van der Waals surface area (Å²) in [6.45, 7) is 2.35. The molecule has 2 heteroatoms. The number of fused-ring (bicyclic) bond motifs is 2. The second kappa shape index (κ2) is 9.14. The Morgan fingerprint density at radius 3 is 1.64 bits per heavy atom. The molecule has 2 aliphatic carbocycles. The van der Waals surface area contributed by atoms with Gasteiger partial charge < -0.3 is 0 Å². The molecule has 0 fully saturated rings. The van der Waals surface area contributed by atoms with Gasteiger partial charge in [0.25, 0.3) is 0 Å². The molecule has 0 N–H and O–H groups in total. The van der Waals surface area contributed by atoms with Crippen molar-refractivity contribution in [2.75, 3.05) is 0 Å². The molecule has 0 aromatic heterocycles. The van der Waals surface area contributed by atoms with Gasteiger partial charge in [0, 0.05) is 0 Å². The summed E-state index contributed by atoms with van der Waals surface area (Å²) in [4.78, 5) is 0. The molecule has 0 saturated carbocycles. The Hall–Kier alpha value is -2.33. The van der Waals surface area contributed by atoms with Crippen molar-refractivity contribution in [2.24, 2.45) is 0 Å². The van der Waals surface area contributed by atoms with Crippen LogP contribution in [0.3, 0.4) is 0 Å². The number of hydrogen-bond acceptors (Lipinski definition) is 0. The fourth-order valence-corrected chi connectivity index (χ4v) is 13.5. The van der Waals surface area contributed by atoms with E-state index < -0.39 is 31.2 Å². The fraction of sp³-hybridized carbons (Fsp3) is 0.0968. The first-order valence-corrected chi connectivity index (χ1v) is 15.7. The summed E-state index contributed by atoms with van der Waals surface area (Å²) in [7, 11) is -0.555. The van der Waals surface area contributed by atoms with E-state index in [1.165, 1.54) is 21.7 Å². The van der Waals surface area contributed by atoms with Crippen LogP contribution < -0.4 is 10.6 Å². The quantitative estimate of drug-likeness (QED) is 0.240. The van der Waals surface area contributed by atoms with E-state index in [1.54, 1.807) is 22.0 Å². The predicted octanol–water partition coefficient (Wildman–Crippen LogP) is 7.46. The van der Waals surface area contributed by atoms with Crippen LogP contribution in [0, 0.1) is 0 Å². The summed E-state index contributed by atoms with van der Waals surface area (Å²) in [6, 6.07) is 40.6. The van der Waals surface area contributed by atoms with Crippen LogP contribution in [0.4, 0.5) is 0 Å². The zero-order chi connectivity index (χ0) is 22.2. The molecule has 6 rings (SSSR count). The predicted molar refractivity (Wildman–Crippen MR) is 139 cm³/mol. The van der Waals surface area contributed by atoms with Crippen LogP contribution in [0.2, 0.25) is 0 Å². The Morgan fingerprint density at radius 2 is 1.03 bits per heavy atom. The third-order valence-corrected chi connectivity index (χ3v) is 14.9. The van der Waals surface area contributed by atoms with Gasteiger partial charge >= 0.3 is 210 Å². The molecular weight excluding hydrogens is 495 g/mol. The van der Waals surface area contributed by atoms with Gasteiger partial charge in [-0.2, -0.15) is 0 Å². The van der Waals surface area contributed by atoms with Gasteiger partial charge in [0.1, 0.15) is 0 Å². The monoisotopic (exact) mass is 518 g/mol. The van der Waals surface area contributed by atoms with Gasteiger partial charge in [0.15, 0.2) is 0 Å². The van der Waals surface area contributed by atoms with Crippen LogP contribution in [-0.2, 0) is 23.2 Å². The first-order valence-electron chi connectivity index (χ1n) is 11.5. The Kier molecular flexibility index (Phi) is 5.88. The topological polar surface area (TPSA) is 0 Å². The molecule has 0 nitrogen and oxygen atoms in total. The summed E-state index contributed by atoms with van der Waals surface area (Å²) in [5.41, 5.74) is 7.57. The van der Waals surface area contributed by atoms with Crippen molar-refractivity contribution in [1.82, 2.24) is 0 Å². The van der Waals surface area contributed by atoms with E-state index in [2.05, 4.69) is 128 Å². The molecule has 2 aliphatic rings. The van der Waals surface area contributed by atoms with Crippen LogP contribution in [0.5, 0.6) is 0 Å². The van der Waals surface area contributed by atoms with Gasteiger partial charge in [0.05, 0.1) is 0 Å². The first-order chi connectivity index (χ1) is 16.3. The van der Waals surface area contributed by atoms with Gasteiger partial charge in [-0.05, 0) is 0 Å². The molecule has 0 heterocycles. The number of benzene rings is 4. The molecular formula is C31H25PZr. The Balaban J connectivity index is 1.47. The Bertz CT molecular complexity index is 1310. The van der Waals surface area contributed by atoms with Gasteiger partial charge in [0.2, 0.25) is 0 Å². The number of hydrogen-bond donors (Lipinski definition) is 0. The van der Waals surface area contributed by atoms with E-state index >= 15 is 0 Å². The second-order valence-corrected chi connectivity index (χ2v) is 14.6. The van der Waals surface area contributed by atoms with E-state index in [-0.39, 0.29) is 0 Å². The van der Waals surface area contributed by atoms with Crippen molar-refractivity contribution in [1.29, 1.82) is 0 Å². The normalized spacial score (nSPS) is 18.5. The van der Waals surface area contributed by atoms with Crippen molar-refractivity contribution in [3.8, 4) is 0 Å². The SMILES string of the molecule is CC1=Cc2ccccc2[CH]1[Zr][CH]1C(P(c2ccccc2)c2ccccc2)=Cc2ccccc21. The number of allylic oxidation sites excluding steroid dienone is 2. The summed E-state index contributed by atoms with van der Waals surface area (Å²) in [6.07, 6.45) is 4.98. The van der Waals surface area contributed by atoms with Gasteiger partial charge in [-0.15, -0.1) is 0 Å². The Labute approximate surface area is 209 Å². The molecule has 0 spiro atoms. The van der Waals surface area contributed by atoms with Crippen LogP contribution in [0.25, 0.3) is 12.2 Å². The fourth-order valence-electron chi connectivity index (χ4n) is 5.14. The summed E-state index contributed by atoms with van der Waals surface area (Å²) < 4.78 is 1.24. The molecule has 158 valence electrons. The summed E-state index contributed by atoms with van der Waals surface area (Å²) >= 11 is -0.890. The molecule has 4 aromatic rings. The van der Waals surface area contributed by atoms with Crippen LogP contribution in [0.15, 0.2) is 120 Å². The molecule has 2 atom stereocenters. The van der Waals surface area contributed by atoms with E-state index in [1.807, 2.05) is 0 Å². The summed E-state index contributed by atoms with van der Waals surface area (Å²) in [5.74, 6) is 0. The van der Waals surface area contributed by atoms with E-state index in [0.717, 1.165) is 0 Å². The first kappa shape index (κ1) is 21.2. The van der Waals surface area contributed by atoms with E-state index in [4.69, 9.17) is 0 Å². The molecule has 0 aliphatic heterocycles. The third-order valence-electron chi connectivity index (χ3n) is 6.67. The van der Waals surface area contributed by atoms with E-state index in [9.17, 15) is 0 Å². The van der Waals surface area contributed by atoms with E-state index in [0.29, 0.717) is 7.25 Å². The minimum atomic E-state index is -0.890. The minimum absolute atomic E-state index is 0.555. The summed E-state index contributed by atoms with van der Waals surface area (Å²) in [5, 5.41) is 4.58. The second-order valence-electron chi connectivity index (χ2n) is 8.75. The van der Waals surface area contributed by atoms with Crippen molar-refractivity contribution in [2.45, 2.75) is 14.2 Å². The molecule has 0 bridgehead atoms. The van der Waals surface area contributed by atoms with Gasteiger partial charge in [-0.3, -0.25) is 0 Å². The molecule has 0 amide bonds. The molecule has 0 radical (unpaired) electrons. The third kappa shape index (κ3) is 3.97. The molecule has 33 heavy (non-hydrogen) atoms. The average Bonchev–Trinajstić information content (AvgIpc) is 3.38. The van der Waals surface area contributed by atoms with Crippen molar-refractivity contribution in [3.63, 3.8) is 0 Å².